The minimum absolute atomic E-state index is 0.307. The Balaban J connectivity index is 3.76. The summed E-state index contributed by atoms with van der Waals surface area (Å²) in [7, 11) is 0. The van der Waals surface area contributed by atoms with Crippen LogP contribution in [0.1, 0.15) is 33.6 Å². The lowest BCUT2D eigenvalue weighted by atomic mass is 10.2. The van der Waals surface area contributed by atoms with Gasteiger partial charge in [0.2, 0.25) is 0 Å². The lowest BCUT2D eigenvalue weighted by molar-refractivity contribution is 0.217. The van der Waals surface area contributed by atoms with E-state index in [1.165, 1.54) is 0 Å². The molecule has 1 atom stereocenters. The van der Waals surface area contributed by atoms with Crippen molar-refractivity contribution in [2.75, 3.05) is 13.1 Å². The van der Waals surface area contributed by atoms with Crippen molar-refractivity contribution in [1.29, 1.82) is 5.26 Å². The average Bonchev–Trinajstić information content (AvgIpc) is 2.11. The highest BCUT2D eigenvalue weighted by molar-refractivity contribution is 4.87. The van der Waals surface area contributed by atoms with Crippen molar-refractivity contribution >= 4 is 0 Å². The smallest absolute Gasteiger partial charge is 0.0940 e. The van der Waals surface area contributed by atoms with Gasteiger partial charge in [0.15, 0.2) is 0 Å². The Morgan fingerprint density at radius 3 is 2.38 bits per heavy atom. The predicted octanol–water partition coefficient (Wildman–Crippen LogP) is 1.35. The van der Waals surface area contributed by atoms with Crippen LogP contribution in [0.2, 0.25) is 0 Å². The van der Waals surface area contributed by atoms with Crippen molar-refractivity contribution in [1.82, 2.24) is 4.90 Å². The summed E-state index contributed by atoms with van der Waals surface area (Å²) in [6, 6.07) is 2.29. The molecule has 13 heavy (non-hydrogen) atoms. The van der Waals surface area contributed by atoms with E-state index in [4.69, 9.17) is 11.0 Å². The standard InChI is InChI=1S/C10H21N3/c1-4-6-13(9(2)3)7-5-10(12)8-11/h9-10H,4-7,12H2,1-3H3. The van der Waals surface area contributed by atoms with E-state index in [0.717, 1.165) is 25.9 Å². The summed E-state index contributed by atoms with van der Waals surface area (Å²) >= 11 is 0. The molecule has 1 unspecified atom stereocenters. The first-order valence-corrected chi connectivity index (χ1v) is 5.01. The van der Waals surface area contributed by atoms with Crippen LogP contribution in [-0.4, -0.2) is 30.1 Å². The zero-order valence-corrected chi connectivity index (χ0v) is 8.95. The average molecular weight is 183 g/mol. The molecule has 0 saturated heterocycles. The lowest BCUT2D eigenvalue weighted by Gasteiger charge is -2.26. The second-order valence-corrected chi connectivity index (χ2v) is 3.65. The lowest BCUT2D eigenvalue weighted by Crippen LogP contribution is -2.35. The van der Waals surface area contributed by atoms with Crippen LogP contribution in [0.15, 0.2) is 0 Å². The molecule has 0 fully saturated rings. The monoisotopic (exact) mass is 183 g/mol. The quantitative estimate of drug-likeness (QED) is 0.676. The number of nitrogens with zero attached hydrogens (tertiary/aromatic N) is 2. The molecule has 0 aromatic carbocycles. The highest BCUT2D eigenvalue weighted by Crippen LogP contribution is 2.01. The SMILES string of the molecule is CCCN(CCC(N)C#N)C(C)C. The van der Waals surface area contributed by atoms with Gasteiger partial charge in [-0.1, -0.05) is 6.92 Å². The summed E-state index contributed by atoms with van der Waals surface area (Å²) in [5.41, 5.74) is 5.53. The molecule has 3 heteroatoms. The van der Waals surface area contributed by atoms with Gasteiger partial charge in [0.05, 0.1) is 12.1 Å². The largest absolute Gasteiger partial charge is 0.316 e. The Morgan fingerprint density at radius 1 is 1.38 bits per heavy atom. The van der Waals surface area contributed by atoms with Gasteiger partial charge in [-0.15, -0.1) is 0 Å². The topological polar surface area (TPSA) is 53.0 Å². The summed E-state index contributed by atoms with van der Waals surface area (Å²) in [6.45, 7) is 8.54. The first kappa shape index (κ1) is 12.4. The minimum Gasteiger partial charge on any atom is -0.316 e. The molecule has 0 aromatic heterocycles. The maximum Gasteiger partial charge on any atom is 0.0940 e. The molecule has 2 N–H and O–H groups in total. The Bertz CT molecular complexity index is 160. The fourth-order valence-electron chi connectivity index (χ4n) is 1.28. The van der Waals surface area contributed by atoms with Crippen LogP contribution >= 0.6 is 0 Å². The van der Waals surface area contributed by atoms with Crippen molar-refractivity contribution in [3.63, 3.8) is 0 Å². The summed E-state index contributed by atoms with van der Waals surface area (Å²) in [6.07, 6.45) is 1.93. The Kier molecular flexibility index (Phi) is 6.56. The molecular weight excluding hydrogens is 162 g/mol. The van der Waals surface area contributed by atoms with Crippen LogP contribution in [0.25, 0.3) is 0 Å². The third kappa shape index (κ3) is 5.62. The van der Waals surface area contributed by atoms with Gasteiger partial charge in [0.25, 0.3) is 0 Å². The normalized spacial score (nSPS) is 13.3. The summed E-state index contributed by atoms with van der Waals surface area (Å²) in [5, 5.41) is 8.52. The molecule has 0 heterocycles. The summed E-state index contributed by atoms with van der Waals surface area (Å²) < 4.78 is 0. The van der Waals surface area contributed by atoms with E-state index in [0.29, 0.717) is 6.04 Å². The molecule has 0 bridgehead atoms. The second-order valence-electron chi connectivity index (χ2n) is 3.65. The van der Waals surface area contributed by atoms with Gasteiger partial charge in [-0.3, -0.25) is 0 Å². The van der Waals surface area contributed by atoms with Gasteiger partial charge in [-0.05, 0) is 33.2 Å². The van der Waals surface area contributed by atoms with Crippen LogP contribution in [0, 0.1) is 11.3 Å². The zero-order valence-electron chi connectivity index (χ0n) is 8.95. The Labute approximate surface area is 81.5 Å². The van der Waals surface area contributed by atoms with Crippen molar-refractivity contribution in [3.05, 3.63) is 0 Å². The van der Waals surface area contributed by atoms with Crippen LogP contribution < -0.4 is 5.73 Å². The molecule has 0 spiro atoms. The molecular formula is C10H21N3. The van der Waals surface area contributed by atoms with Crippen LogP contribution in [0.3, 0.4) is 0 Å². The molecule has 76 valence electrons. The van der Waals surface area contributed by atoms with Gasteiger partial charge >= 0.3 is 0 Å². The highest BCUT2D eigenvalue weighted by atomic mass is 15.1. The third-order valence-corrected chi connectivity index (χ3v) is 2.13. The first-order chi connectivity index (χ1) is 6.11. The van der Waals surface area contributed by atoms with Crippen LogP contribution in [0.5, 0.6) is 0 Å². The Morgan fingerprint density at radius 2 is 2.00 bits per heavy atom. The van der Waals surface area contributed by atoms with E-state index in [1.54, 1.807) is 0 Å². The summed E-state index contributed by atoms with van der Waals surface area (Å²) in [4.78, 5) is 2.36. The van der Waals surface area contributed by atoms with E-state index >= 15 is 0 Å². The molecule has 0 radical (unpaired) electrons. The van der Waals surface area contributed by atoms with Crippen molar-refractivity contribution in [2.45, 2.75) is 45.7 Å². The number of hydrogen-bond donors (Lipinski definition) is 1. The van der Waals surface area contributed by atoms with E-state index in [-0.39, 0.29) is 6.04 Å². The van der Waals surface area contributed by atoms with Gasteiger partial charge in [0.1, 0.15) is 0 Å². The molecule has 0 amide bonds. The van der Waals surface area contributed by atoms with Crippen molar-refractivity contribution in [3.8, 4) is 6.07 Å². The van der Waals surface area contributed by atoms with Gasteiger partial charge < -0.3 is 10.6 Å². The van der Waals surface area contributed by atoms with Gasteiger partial charge in [-0.2, -0.15) is 5.26 Å². The van der Waals surface area contributed by atoms with Crippen LogP contribution in [0.4, 0.5) is 0 Å². The maximum atomic E-state index is 8.52. The van der Waals surface area contributed by atoms with Crippen LogP contribution in [-0.2, 0) is 0 Å². The fraction of sp³-hybridized carbons (Fsp3) is 0.900. The minimum atomic E-state index is -0.307. The highest BCUT2D eigenvalue weighted by Gasteiger charge is 2.09. The van der Waals surface area contributed by atoms with Gasteiger partial charge in [-0.25, -0.2) is 0 Å². The van der Waals surface area contributed by atoms with Crippen molar-refractivity contribution < 1.29 is 0 Å². The predicted molar refractivity (Wildman–Crippen MR) is 55.2 cm³/mol. The Hall–Kier alpha value is -0.590. The molecule has 0 aromatic rings. The molecule has 0 aliphatic heterocycles. The zero-order chi connectivity index (χ0) is 10.3. The van der Waals surface area contributed by atoms with Crippen molar-refractivity contribution in [2.24, 2.45) is 5.73 Å². The molecule has 3 nitrogen and oxygen atoms in total. The molecule has 0 aliphatic carbocycles. The van der Waals surface area contributed by atoms with Gasteiger partial charge in [0, 0.05) is 12.6 Å². The third-order valence-electron chi connectivity index (χ3n) is 2.13. The van der Waals surface area contributed by atoms with E-state index < -0.39 is 0 Å². The first-order valence-electron chi connectivity index (χ1n) is 5.01. The molecule has 0 aliphatic rings. The fourth-order valence-corrected chi connectivity index (χ4v) is 1.28. The molecule has 0 rings (SSSR count). The second kappa shape index (κ2) is 6.88. The molecule has 0 saturated carbocycles. The number of rotatable bonds is 6. The number of hydrogen-bond acceptors (Lipinski definition) is 3. The number of nitriles is 1. The maximum absolute atomic E-state index is 8.52. The van der Waals surface area contributed by atoms with E-state index in [9.17, 15) is 0 Å². The summed E-state index contributed by atoms with van der Waals surface area (Å²) in [5.74, 6) is 0. The number of nitrogens with two attached hydrogens (primary N) is 1. The van der Waals surface area contributed by atoms with E-state index in [2.05, 4.69) is 31.7 Å². The van der Waals surface area contributed by atoms with E-state index in [1.807, 2.05) is 0 Å².